The van der Waals surface area contributed by atoms with Gasteiger partial charge in [-0.05, 0) is 24.6 Å². The van der Waals surface area contributed by atoms with E-state index in [0.717, 1.165) is 23.2 Å². The fraction of sp³-hybridized carbons (Fsp3) is 0.308. The summed E-state index contributed by atoms with van der Waals surface area (Å²) in [6.45, 7) is 5.01. The summed E-state index contributed by atoms with van der Waals surface area (Å²) in [7, 11) is 0. The zero-order valence-electron chi connectivity index (χ0n) is 10.1. The number of hydrogen-bond acceptors (Lipinski definition) is 4. The van der Waals surface area contributed by atoms with Crippen molar-refractivity contribution < 1.29 is 0 Å². The van der Waals surface area contributed by atoms with Crippen LogP contribution in [0, 0.1) is 6.92 Å². The molecule has 2 aromatic rings. The van der Waals surface area contributed by atoms with Gasteiger partial charge in [0.25, 0.3) is 0 Å². The van der Waals surface area contributed by atoms with E-state index in [0.29, 0.717) is 0 Å². The van der Waals surface area contributed by atoms with Crippen molar-refractivity contribution in [1.29, 1.82) is 0 Å². The van der Waals surface area contributed by atoms with E-state index in [4.69, 9.17) is 0 Å². The van der Waals surface area contributed by atoms with Crippen LogP contribution in [0.5, 0.6) is 0 Å². The van der Waals surface area contributed by atoms with Crippen LogP contribution in [-0.4, -0.2) is 21.5 Å². The Morgan fingerprint density at radius 3 is 2.41 bits per heavy atom. The second kappa shape index (κ2) is 5.50. The summed E-state index contributed by atoms with van der Waals surface area (Å²) in [6, 6.07) is 2.24. The van der Waals surface area contributed by atoms with Crippen molar-refractivity contribution in [3.8, 4) is 0 Å². The Labute approximate surface area is 101 Å². The second-order valence-electron chi connectivity index (χ2n) is 3.96. The third kappa shape index (κ3) is 2.85. The van der Waals surface area contributed by atoms with Gasteiger partial charge in [0.05, 0.1) is 6.04 Å². The number of pyridine rings is 1. The first-order chi connectivity index (χ1) is 8.31. The molecule has 0 aliphatic carbocycles. The van der Waals surface area contributed by atoms with Crippen LogP contribution in [0.4, 0.5) is 0 Å². The molecule has 4 nitrogen and oxygen atoms in total. The molecule has 1 unspecified atom stereocenters. The van der Waals surface area contributed by atoms with Crippen LogP contribution in [0.1, 0.15) is 29.7 Å². The molecule has 0 spiro atoms. The molecule has 0 bridgehead atoms. The Balaban J connectivity index is 2.35. The molecule has 2 heterocycles. The lowest BCUT2D eigenvalue weighted by Crippen LogP contribution is -2.22. The van der Waals surface area contributed by atoms with Gasteiger partial charge >= 0.3 is 0 Å². The Kier molecular flexibility index (Phi) is 3.77. The van der Waals surface area contributed by atoms with E-state index >= 15 is 0 Å². The van der Waals surface area contributed by atoms with Gasteiger partial charge in [0, 0.05) is 30.4 Å². The summed E-state index contributed by atoms with van der Waals surface area (Å²) in [5.74, 6) is 0. The molecule has 0 aliphatic heterocycles. The van der Waals surface area contributed by atoms with Crippen molar-refractivity contribution >= 4 is 0 Å². The molecule has 0 fully saturated rings. The molecule has 4 heteroatoms. The van der Waals surface area contributed by atoms with Gasteiger partial charge in [0.15, 0.2) is 0 Å². The van der Waals surface area contributed by atoms with Gasteiger partial charge in [-0.15, -0.1) is 0 Å². The second-order valence-corrected chi connectivity index (χ2v) is 3.96. The quantitative estimate of drug-likeness (QED) is 0.868. The predicted octanol–water partition coefficient (Wildman–Crippen LogP) is 1.88. The highest BCUT2D eigenvalue weighted by atomic mass is 14.9. The summed E-state index contributed by atoms with van der Waals surface area (Å²) in [5, 5.41) is 3.42. The van der Waals surface area contributed by atoms with E-state index in [-0.39, 0.29) is 6.04 Å². The lowest BCUT2D eigenvalue weighted by molar-refractivity contribution is 0.623. The van der Waals surface area contributed by atoms with Crippen LogP contribution in [0.15, 0.2) is 37.2 Å². The number of hydrogen-bond donors (Lipinski definition) is 1. The fourth-order valence-corrected chi connectivity index (χ4v) is 1.83. The Hall–Kier alpha value is -1.81. The maximum Gasteiger partial charge on any atom is 0.115 e. The highest BCUT2D eigenvalue weighted by molar-refractivity contribution is 5.28. The molecule has 1 N–H and O–H groups in total. The number of aromatic nitrogens is 3. The van der Waals surface area contributed by atoms with Crippen LogP contribution in [0.25, 0.3) is 0 Å². The first-order valence-corrected chi connectivity index (χ1v) is 5.71. The third-order valence-electron chi connectivity index (χ3n) is 2.55. The van der Waals surface area contributed by atoms with Gasteiger partial charge in [0.2, 0.25) is 0 Å². The van der Waals surface area contributed by atoms with Gasteiger partial charge in [-0.25, -0.2) is 9.97 Å². The van der Waals surface area contributed by atoms with Crippen LogP contribution < -0.4 is 5.32 Å². The van der Waals surface area contributed by atoms with E-state index in [1.807, 2.05) is 31.7 Å². The molecule has 17 heavy (non-hydrogen) atoms. The molecule has 88 valence electrons. The molecular formula is C13H16N4. The first kappa shape index (κ1) is 11.7. The van der Waals surface area contributed by atoms with E-state index < -0.39 is 0 Å². The predicted molar refractivity (Wildman–Crippen MR) is 66.5 cm³/mol. The van der Waals surface area contributed by atoms with Gasteiger partial charge in [-0.2, -0.15) is 0 Å². The molecule has 2 aromatic heterocycles. The van der Waals surface area contributed by atoms with Crippen molar-refractivity contribution in [3.05, 3.63) is 53.9 Å². The fourth-order valence-electron chi connectivity index (χ4n) is 1.83. The Morgan fingerprint density at radius 2 is 1.76 bits per heavy atom. The summed E-state index contributed by atoms with van der Waals surface area (Å²) in [6.07, 6.45) is 8.95. The topological polar surface area (TPSA) is 50.7 Å². The zero-order valence-corrected chi connectivity index (χ0v) is 10.1. The monoisotopic (exact) mass is 228 g/mol. The molecule has 0 saturated heterocycles. The van der Waals surface area contributed by atoms with Crippen LogP contribution >= 0.6 is 0 Å². The highest BCUT2D eigenvalue weighted by Gasteiger charge is 2.13. The molecule has 0 saturated carbocycles. The molecular weight excluding hydrogens is 212 g/mol. The zero-order chi connectivity index (χ0) is 12.1. The van der Waals surface area contributed by atoms with Crippen molar-refractivity contribution in [2.45, 2.75) is 19.9 Å². The van der Waals surface area contributed by atoms with Crippen molar-refractivity contribution in [2.75, 3.05) is 6.54 Å². The van der Waals surface area contributed by atoms with Crippen molar-refractivity contribution in [3.63, 3.8) is 0 Å². The first-order valence-electron chi connectivity index (χ1n) is 5.71. The molecule has 0 aliphatic rings. The Bertz CT molecular complexity index is 470. The van der Waals surface area contributed by atoms with E-state index in [1.54, 1.807) is 6.33 Å². The molecule has 2 rings (SSSR count). The van der Waals surface area contributed by atoms with E-state index in [1.165, 1.54) is 0 Å². The number of nitrogens with one attached hydrogen (secondary N) is 1. The van der Waals surface area contributed by atoms with Crippen LogP contribution in [-0.2, 0) is 0 Å². The summed E-state index contributed by atoms with van der Waals surface area (Å²) in [5.41, 5.74) is 3.35. The van der Waals surface area contributed by atoms with Gasteiger partial charge < -0.3 is 5.32 Å². The standard InChI is InChI=1S/C13H16N4/c1-3-17-13(12-7-15-9-16-8-12)11-4-10(2)5-14-6-11/h4-9,13,17H,3H2,1-2H3. The molecule has 1 atom stereocenters. The lowest BCUT2D eigenvalue weighted by Gasteiger charge is -2.18. The smallest absolute Gasteiger partial charge is 0.115 e. The maximum atomic E-state index is 4.23. The van der Waals surface area contributed by atoms with Crippen LogP contribution in [0.3, 0.4) is 0 Å². The largest absolute Gasteiger partial charge is 0.306 e. The SMILES string of the molecule is CCNC(c1cncnc1)c1cncc(C)c1. The third-order valence-corrected chi connectivity index (χ3v) is 2.55. The van der Waals surface area contributed by atoms with Gasteiger partial charge in [-0.3, -0.25) is 4.98 Å². The van der Waals surface area contributed by atoms with Crippen molar-refractivity contribution in [2.24, 2.45) is 0 Å². The summed E-state index contributed by atoms with van der Waals surface area (Å²) >= 11 is 0. The maximum absolute atomic E-state index is 4.23. The number of rotatable bonds is 4. The van der Waals surface area contributed by atoms with Gasteiger partial charge in [0.1, 0.15) is 6.33 Å². The minimum Gasteiger partial charge on any atom is -0.306 e. The van der Waals surface area contributed by atoms with E-state index in [9.17, 15) is 0 Å². The Morgan fingerprint density at radius 1 is 1.06 bits per heavy atom. The summed E-state index contributed by atoms with van der Waals surface area (Å²) in [4.78, 5) is 12.4. The average Bonchev–Trinajstić information content (AvgIpc) is 2.37. The summed E-state index contributed by atoms with van der Waals surface area (Å²) < 4.78 is 0. The highest BCUT2D eigenvalue weighted by Crippen LogP contribution is 2.20. The normalized spacial score (nSPS) is 12.4. The number of nitrogens with zero attached hydrogens (tertiary/aromatic N) is 3. The molecule has 0 radical (unpaired) electrons. The lowest BCUT2D eigenvalue weighted by atomic mass is 10.0. The van der Waals surface area contributed by atoms with E-state index in [2.05, 4.69) is 33.3 Å². The average molecular weight is 228 g/mol. The molecule has 0 aromatic carbocycles. The number of aryl methyl sites for hydroxylation is 1. The molecule has 0 amide bonds. The van der Waals surface area contributed by atoms with Crippen LogP contribution in [0.2, 0.25) is 0 Å². The van der Waals surface area contributed by atoms with Gasteiger partial charge in [-0.1, -0.05) is 13.0 Å². The minimum atomic E-state index is 0.105. The minimum absolute atomic E-state index is 0.105. The van der Waals surface area contributed by atoms with Crippen molar-refractivity contribution in [1.82, 2.24) is 20.3 Å².